The van der Waals surface area contributed by atoms with E-state index >= 15 is 0 Å². The predicted octanol–water partition coefficient (Wildman–Crippen LogP) is 6.32. The van der Waals surface area contributed by atoms with Crippen LogP contribution in [0.5, 0.6) is 5.75 Å². The summed E-state index contributed by atoms with van der Waals surface area (Å²) in [4.78, 5) is 1.18. The number of ether oxygens (including phenoxy) is 1. The zero-order chi connectivity index (χ0) is 18.4. The van der Waals surface area contributed by atoms with Gasteiger partial charge in [0.05, 0.1) is 16.6 Å². The van der Waals surface area contributed by atoms with Crippen molar-refractivity contribution in [2.45, 2.75) is 32.0 Å². The van der Waals surface area contributed by atoms with Crippen LogP contribution in [-0.4, -0.2) is 10.7 Å². The minimum absolute atomic E-state index is 0.170. The van der Waals surface area contributed by atoms with Crippen LogP contribution in [0.2, 0.25) is 0 Å². The van der Waals surface area contributed by atoms with Crippen LogP contribution in [-0.2, 0) is 6.42 Å². The molecule has 2 aliphatic rings. The van der Waals surface area contributed by atoms with Crippen molar-refractivity contribution in [2.75, 3.05) is 0 Å². The third-order valence-electron chi connectivity index (χ3n) is 5.23. The lowest BCUT2D eigenvalue weighted by atomic mass is 9.96. The second kappa shape index (κ2) is 6.80. The van der Waals surface area contributed by atoms with Crippen LogP contribution in [0, 0.1) is 0 Å². The number of benzene rings is 2. The lowest BCUT2D eigenvalue weighted by Crippen LogP contribution is -2.33. The van der Waals surface area contributed by atoms with E-state index in [1.807, 2.05) is 6.07 Å². The Kier molecular flexibility index (Phi) is 4.29. The van der Waals surface area contributed by atoms with Gasteiger partial charge in [-0.3, -0.25) is 0 Å². The number of halogens is 1. The smallest absolute Gasteiger partial charge is 0.222 e. The highest BCUT2D eigenvalue weighted by Gasteiger charge is 2.41. The Bertz CT molecular complexity index is 998. The van der Waals surface area contributed by atoms with E-state index < -0.39 is 0 Å². The van der Waals surface area contributed by atoms with Crippen molar-refractivity contribution >= 4 is 33.0 Å². The van der Waals surface area contributed by atoms with Gasteiger partial charge in [0.1, 0.15) is 5.75 Å². The molecule has 27 heavy (non-hydrogen) atoms. The highest BCUT2D eigenvalue weighted by atomic mass is 79.9. The number of hydrazone groups is 1. The number of aryl methyl sites for hydroxylation is 1. The molecule has 5 rings (SSSR count). The maximum atomic E-state index is 6.37. The van der Waals surface area contributed by atoms with Gasteiger partial charge >= 0.3 is 0 Å². The van der Waals surface area contributed by atoms with Crippen LogP contribution in [0.3, 0.4) is 0 Å². The summed E-state index contributed by atoms with van der Waals surface area (Å²) in [5.41, 5.74) is 4.87. The summed E-state index contributed by atoms with van der Waals surface area (Å²) < 4.78 is 7.44. The Morgan fingerprint density at radius 2 is 2.04 bits per heavy atom. The minimum atomic E-state index is -0.170. The first-order chi connectivity index (χ1) is 13.2. The zero-order valence-electron chi connectivity index (χ0n) is 14.9. The topological polar surface area (TPSA) is 24.8 Å². The number of fused-ring (bicyclic) bond motifs is 3. The van der Waals surface area contributed by atoms with E-state index in [9.17, 15) is 0 Å². The maximum absolute atomic E-state index is 6.37. The molecule has 0 unspecified atom stereocenters. The quantitative estimate of drug-likeness (QED) is 0.478. The molecule has 2 aliphatic heterocycles. The van der Waals surface area contributed by atoms with Gasteiger partial charge in [0.15, 0.2) is 0 Å². The minimum Gasteiger partial charge on any atom is -0.464 e. The van der Waals surface area contributed by atoms with Gasteiger partial charge in [0.2, 0.25) is 6.23 Å². The Morgan fingerprint density at radius 1 is 1.19 bits per heavy atom. The van der Waals surface area contributed by atoms with E-state index in [0.717, 1.165) is 28.8 Å². The van der Waals surface area contributed by atoms with Crippen LogP contribution < -0.4 is 4.74 Å². The summed E-state index contributed by atoms with van der Waals surface area (Å²) in [6, 6.07) is 19.4. The number of hydrogen-bond donors (Lipinski definition) is 0. The van der Waals surface area contributed by atoms with Gasteiger partial charge in [-0.05, 0) is 47.2 Å². The molecule has 0 fully saturated rings. The summed E-state index contributed by atoms with van der Waals surface area (Å²) in [6.07, 6.45) is 1.77. The van der Waals surface area contributed by atoms with Crippen molar-refractivity contribution in [1.29, 1.82) is 0 Å². The molecule has 0 saturated carbocycles. The van der Waals surface area contributed by atoms with E-state index in [0.29, 0.717) is 0 Å². The Morgan fingerprint density at radius 3 is 2.78 bits per heavy atom. The van der Waals surface area contributed by atoms with Gasteiger partial charge in [-0.1, -0.05) is 53.2 Å². The fraction of sp³-hybridized carbons (Fsp3) is 0.227. The normalized spacial score (nSPS) is 20.7. The molecule has 2 atom stereocenters. The largest absolute Gasteiger partial charge is 0.464 e. The molecule has 0 aliphatic carbocycles. The Hall–Kier alpha value is -2.11. The van der Waals surface area contributed by atoms with Gasteiger partial charge < -0.3 is 4.74 Å². The van der Waals surface area contributed by atoms with Crippen molar-refractivity contribution in [3.05, 3.63) is 86.0 Å². The molecule has 0 amide bonds. The molecule has 0 spiro atoms. The Labute approximate surface area is 171 Å². The highest BCUT2D eigenvalue weighted by molar-refractivity contribution is 9.10. The van der Waals surface area contributed by atoms with E-state index in [2.05, 4.69) is 81.8 Å². The molecular weight excluding hydrogens is 420 g/mol. The van der Waals surface area contributed by atoms with E-state index in [1.165, 1.54) is 21.6 Å². The van der Waals surface area contributed by atoms with Gasteiger partial charge in [0, 0.05) is 16.5 Å². The van der Waals surface area contributed by atoms with Gasteiger partial charge in [0.25, 0.3) is 0 Å². The molecule has 3 aromatic rings. The van der Waals surface area contributed by atoms with Crippen LogP contribution in [0.1, 0.15) is 47.2 Å². The molecule has 3 heterocycles. The van der Waals surface area contributed by atoms with Crippen LogP contribution >= 0.6 is 27.3 Å². The van der Waals surface area contributed by atoms with Crippen LogP contribution in [0.4, 0.5) is 0 Å². The van der Waals surface area contributed by atoms with Crippen molar-refractivity contribution < 1.29 is 4.74 Å². The van der Waals surface area contributed by atoms with E-state index in [1.54, 1.807) is 11.3 Å². The lowest BCUT2D eigenvalue weighted by Gasteiger charge is -2.37. The molecule has 136 valence electrons. The zero-order valence-corrected chi connectivity index (χ0v) is 17.3. The first-order valence-electron chi connectivity index (χ1n) is 9.17. The summed E-state index contributed by atoms with van der Waals surface area (Å²) in [5, 5.41) is 9.25. The van der Waals surface area contributed by atoms with Crippen molar-refractivity contribution in [3.63, 3.8) is 0 Å². The molecule has 2 aromatic carbocycles. The first kappa shape index (κ1) is 17.0. The first-order valence-corrected chi connectivity index (χ1v) is 10.8. The number of rotatable bonds is 3. The third kappa shape index (κ3) is 2.99. The molecular formula is C22H19BrN2OS. The summed E-state index contributed by atoms with van der Waals surface area (Å²) in [5.74, 6) is 0.954. The predicted molar refractivity (Wildman–Crippen MR) is 113 cm³/mol. The highest BCUT2D eigenvalue weighted by Crippen LogP contribution is 2.48. The average Bonchev–Trinajstić information content (AvgIpc) is 3.38. The van der Waals surface area contributed by atoms with Gasteiger partial charge in [-0.2, -0.15) is 5.10 Å². The molecule has 0 radical (unpaired) electrons. The van der Waals surface area contributed by atoms with Gasteiger partial charge in [-0.15, -0.1) is 11.3 Å². The Balaban J connectivity index is 1.57. The molecule has 0 N–H and O–H groups in total. The maximum Gasteiger partial charge on any atom is 0.222 e. The molecule has 0 bridgehead atoms. The van der Waals surface area contributed by atoms with Crippen molar-refractivity contribution in [2.24, 2.45) is 5.10 Å². The summed E-state index contributed by atoms with van der Waals surface area (Å²) in [6.45, 7) is 2.18. The molecule has 5 heteroatoms. The summed E-state index contributed by atoms with van der Waals surface area (Å²) in [7, 11) is 0. The number of hydrogen-bond acceptors (Lipinski definition) is 4. The van der Waals surface area contributed by atoms with Crippen molar-refractivity contribution in [1.82, 2.24) is 5.01 Å². The molecule has 1 aromatic heterocycles. The number of nitrogens with zero attached hydrogens (tertiary/aromatic N) is 2. The van der Waals surface area contributed by atoms with Gasteiger partial charge in [-0.25, -0.2) is 5.01 Å². The van der Waals surface area contributed by atoms with E-state index in [4.69, 9.17) is 9.84 Å². The molecule has 0 saturated heterocycles. The number of thiophene rings is 1. The second-order valence-electron chi connectivity index (χ2n) is 6.86. The average molecular weight is 439 g/mol. The molecule has 3 nitrogen and oxygen atoms in total. The third-order valence-corrected chi connectivity index (χ3v) is 6.63. The summed E-state index contributed by atoms with van der Waals surface area (Å²) >= 11 is 5.32. The fourth-order valence-electron chi connectivity index (χ4n) is 3.78. The monoisotopic (exact) mass is 438 g/mol. The van der Waals surface area contributed by atoms with Crippen molar-refractivity contribution in [3.8, 4) is 5.75 Å². The van der Waals surface area contributed by atoms with Crippen LogP contribution in [0.15, 0.2) is 69.6 Å². The van der Waals surface area contributed by atoms with Crippen LogP contribution in [0.25, 0.3) is 0 Å². The van der Waals surface area contributed by atoms with E-state index in [-0.39, 0.29) is 12.3 Å². The standard InChI is InChI=1S/C22H19BrN2OS/c1-2-14-5-7-15(8-6-14)18-13-19-17-12-16(23)9-10-20(17)26-22(25(19)24-18)21-4-3-11-27-21/h3-12,19,22H,2,13H2,1H3/t19-,22+/m1/s1. The lowest BCUT2D eigenvalue weighted by molar-refractivity contribution is -0.0166. The fourth-order valence-corrected chi connectivity index (χ4v) is 4.91. The SMILES string of the molecule is CCc1ccc(C2=NN3[C@H](C2)c2cc(Br)ccc2O[C@H]3c2cccs2)cc1. The second-order valence-corrected chi connectivity index (χ2v) is 8.76.